The molecule has 1 nitrogen and oxygen atoms in total. The van der Waals surface area contributed by atoms with Gasteiger partial charge in [-0.25, -0.2) is 0 Å². The van der Waals surface area contributed by atoms with E-state index in [1.807, 2.05) is 30.3 Å². The first kappa shape index (κ1) is 12.8. The number of thiophene rings is 1. The Morgan fingerprint density at radius 3 is 2.38 bits per heavy atom. The van der Waals surface area contributed by atoms with Crippen LogP contribution in [0.4, 0.5) is 0 Å². The molecule has 2 aromatic rings. The fourth-order valence-electron chi connectivity index (χ4n) is 1.40. The quantitative estimate of drug-likeness (QED) is 0.713. The smallest absolute Gasteiger partial charge is 0.0702 e. The standard InChI is InChI=1S/C11H8Br3NS/c12-6-1-2-7(8(13)5-6)11(15)9-3-4-10(14)16-9/h1-5,11H,15H2. The van der Waals surface area contributed by atoms with E-state index in [0.29, 0.717) is 0 Å². The lowest BCUT2D eigenvalue weighted by Gasteiger charge is -2.12. The van der Waals surface area contributed by atoms with Crippen LogP contribution in [0.5, 0.6) is 0 Å². The molecule has 0 aliphatic heterocycles. The van der Waals surface area contributed by atoms with Gasteiger partial charge in [0.05, 0.1) is 9.83 Å². The molecular formula is C11H8Br3NS. The fourth-order valence-corrected chi connectivity index (χ4v) is 4.14. The first-order chi connectivity index (χ1) is 7.58. The number of benzene rings is 1. The van der Waals surface area contributed by atoms with Gasteiger partial charge in [-0.1, -0.05) is 37.9 Å². The first-order valence-corrected chi connectivity index (χ1v) is 7.73. The minimum Gasteiger partial charge on any atom is -0.320 e. The summed E-state index contributed by atoms with van der Waals surface area (Å²) in [6.07, 6.45) is 0. The van der Waals surface area contributed by atoms with Crippen LogP contribution in [-0.4, -0.2) is 0 Å². The molecule has 5 heteroatoms. The second-order valence-electron chi connectivity index (χ2n) is 3.29. The normalized spacial score (nSPS) is 12.8. The molecule has 0 amide bonds. The minimum atomic E-state index is -0.0845. The van der Waals surface area contributed by atoms with Gasteiger partial charge in [0.15, 0.2) is 0 Å². The summed E-state index contributed by atoms with van der Waals surface area (Å²) in [5.41, 5.74) is 7.32. The number of rotatable bonds is 2. The van der Waals surface area contributed by atoms with E-state index in [2.05, 4.69) is 47.8 Å². The van der Waals surface area contributed by atoms with Gasteiger partial charge in [-0.3, -0.25) is 0 Å². The summed E-state index contributed by atoms with van der Waals surface area (Å²) in [4.78, 5) is 1.15. The van der Waals surface area contributed by atoms with Crippen molar-refractivity contribution in [2.75, 3.05) is 0 Å². The van der Waals surface area contributed by atoms with Gasteiger partial charge in [0.25, 0.3) is 0 Å². The van der Waals surface area contributed by atoms with Gasteiger partial charge < -0.3 is 5.73 Å². The van der Waals surface area contributed by atoms with Crippen LogP contribution in [0.1, 0.15) is 16.5 Å². The molecule has 0 bridgehead atoms. The number of hydrogen-bond donors (Lipinski definition) is 1. The number of hydrogen-bond acceptors (Lipinski definition) is 2. The van der Waals surface area contributed by atoms with E-state index in [4.69, 9.17) is 5.73 Å². The van der Waals surface area contributed by atoms with Crippen LogP contribution in [0.3, 0.4) is 0 Å². The SMILES string of the molecule is NC(c1ccc(Br)s1)c1ccc(Br)cc1Br. The van der Waals surface area contributed by atoms with Crippen molar-refractivity contribution in [1.29, 1.82) is 0 Å². The van der Waals surface area contributed by atoms with Gasteiger partial charge in [0, 0.05) is 13.8 Å². The molecular weight excluding hydrogens is 418 g/mol. The monoisotopic (exact) mass is 423 g/mol. The van der Waals surface area contributed by atoms with Crippen LogP contribution in [0.15, 0.2) is 43.1 Å². The van der Waals surface area contributed by atoms with E-state index < -0.39 is 0 Å². The molecule has 0 saturated carbocycles. The molecule has 0 aliphatic rings. The molecule has 1 aromatic carbocycles. The van der Waals surface area contributed by atoms with Crippen LogP contribution in [-0.2, 0) is 0 Å². The van der Waals surface area contributed by atoms with Crippen molar-refractivity contribution in [2.45, 2.75) is 6.04 Å². The van der Waals surface area contributed by atoms with Crippen LogP contribution in [0.2, 0.25) is 0 Å². The summed E-state index contributed by atoms with van der Waals surface area (Å²) in [6.45, 7) is 0. The van der Waals surface area contributed by atoms with Crippen molar-refractivity contribution >= 4 is 59.1 Å². The Morgan fingerprint density at radius 1 is 1.06 bits per heavy atom. The molecule has 0 aliphatic carbocycles. The molecule has 0 radical (unpaired) electrons. The molecule has 84 valence electrons. The van der Waals surface area contributed by atoms with E-state index in [1.165, 1.54) is 0 Å². The lowest BCUT2D eigenvalue weighted by atomic mass is 10.1. The molecule has 16 heavy (non-hydrogen) atoms. The van der Waals surface area contributed by atoms with E-state index in [9.17, 15) is 0 Å². The highest BCUT2D eigenvalue weighted by molar-refractivity contribution is 9.11. The highest BCUT2D eigenvalue weighted by Crippen LogP contribution is 2.33. The van der Waals surface area contributed by atoms with Crippen molar-refractivity contribution in [3.63, 3.8) is 0 Å². The third-order valence-electron chi connectivity index (χ3n) is 2.20. The van der Waals surface area contributed by atoms with Gasteiger partial charge in [0.1, 0.15) is 0 Å². The molecule has 0 fully saturated rings. The van der Waals surface area contributed by atoms with Crippen LogP contribution < -0.4 is 5.73 Å². The highest BCUT2D eigenvalue weighted by Gasteiger charge is 2.14. The zero-order valence-electron chi connectivity index (χ0n) is 8.08. The lowest BCUT2D eigenvalue weighted by Crippen LogP contribution is -2.10. The Morgan fingerprint density at radius 2 is 1.81 bits per heavy atom. The average Bonchev–Trinajstić information content (AvgIpc) is 2.64. The Bertz CT molecular complexity index is 510. The second kappa shape index (κ2) is 5.31. The van der Waals surface area contributed by atoms with Crippen LogP contribution in [0, 0.1) is 0 Å². The Hall–Kier alpha value is 0.320. The second-order valence-corrected chi connectivity index (χ2v) is 7.55. The lowest BCUT2D eigenvalue weighted by molar-refractivity contribution is 0.887. The Balaban J connectivity index is 2.37. The fraction of sp³-hybridized carbons (Fsp3) is 0.0909. The zero-order chi connectivity index (χ0) is 11.7. The molecule has 1 aromatic heterocycles. The summed E-state index contributed by atoms with van der Waals surface area (Å²) >= 11 is 12.1. The maximum absolute atomic E-state index is 6.22. The van der Waals surface area contributed by atoms with E-state index in [0.717, 1.165) is 23.2 Å². The molecule has 2 N–H and O–H groups in total. The highest BCUT2D eigenvalue weighted by atomic mass is 79.9. The predicted molar refractivity (Wildman–Crippen MR) is 79.9 cm³/mol. The van der Waals surface area contributed by atoms with Gasteiger partial charge in [-0.2, -0.15) is 0 Å². The average molecular weight is 426 g/mol. The van der Waals surface area contributed by atoms with Gasteiger partial charge in [-0.15, -0.1) is 11.3 Å². The summed E-state index contributed by atoms with van der Waals surface area (Å²) in [6, 6.07) is 10.0. The third kappa shape index (κ3) is 2.76. The number of nitrogens with two attached hydrogens (primary N) is 1. The molecule has 1 atom stereocenters. The van der Waals surface area contributed by atoms with Crippen molar-refractivity contribution in [1.82, 2.24) is 0 Å². The summed E-state index contributed by atoms with van der Waals surface area (Å²) in [5.74, 6) is 0. The molecule has 1 unspecified atom stereocenters. The third-order valence-corrected chi connectivity index (χ3v) is 5.08. The molecule has 0 spiro atoms. The van der Waals surface area contributed by atoms with Crippen LogP contribution in [0.25, 0.3) is 0 Å². The molecule has 2 rings (SSSR count). The molecule has 0 saturated heterocycles. The van der Waals surface area contributed by atoms with Crippen molar-refractivity contribution < 1.29 is 0 Å². The molecule has 1 heterocycles. The summed E-state index contributed by atoms with van der Waals surface area (Å²) < 4.78 is 3.17. The van der Waals surface area contributed by atoms with E-state index >= 15 is 0 Å². The van der Waals surface area contributed by atoms with Crippen molar-refractivity contribution in [3.8, 4) is 0 Å². The maximum Gasteiger partial charge on any atom is 0.0702 e. The number of halogens is 3. The van der Waals surface area contributed by atoms with E-state index in [1.54, 1.807) is 11.3 Å². The Labute approximate surface area is 123 Å². The minimum absolute atomic E-state index is 0.0845. The summed E-state index contributed by atoms with van der Waals surface area (Å²) in [5, 5.41) is 0. The van der Waals surface area contributed by atoms with Gasteiger partial charge in [-0.05, 0) is 45.8 Å². The Kier molecular flexibility index (Phi) is 4.24. The summed E-state index contributed by atoms with van der Waals surface area (Å²) in [7, 11) is 0. The largest absolute Gasteiger partial charge is 0.320 e. The zero-order valence-corrected chi connectivity index (χ0v) is 13.7. The van der Waals surface area contributed by atoms with Crippen molar-refractivity contribution in [2.24, 2.45) is 5.73 Å². The van der Waals surface area contributed by atoms with E-state index in [-0.39, 0.29) is 6.04 Å². The van der Waals surface area contributed by atoms with Crippen LogP contribution >= 0.6 is 59.1 Å². The van der Waals surface area contributed by atoms with Crippen molar-refractivity contribution in [3.05, 3.63) is 53.5 Å². The first-order valence-electron chi connectivity index (χ1n) is 4.53. The van der Waals surface area contributed by atoms with Gasteiger partial charge in [0.2, 0.25) is 0 Å². The topological polar surface area (TPSA) is 26.0 Å². The maximum atomic E-state index is 6.22. The predicted octanol–water partition coefficient (Wildman–Crippen LogP) is 5.08. The van der Waals surface area contributed by atoms with Gasteiger partial charge >= 0.3 is 0 Å².